The number of aromatic nitrogens is 3. The van der Waals surface area contributed by atoms with Crippen LogP contribution in [0.3, 0.4) is 0 Å². The topological polar surface area (TPSA) is 60.0 Å². The van der Waals surface area contributed by atoms with Gasteiger partial charge in [0.1, 0.15) is 23.9 Å². The maximum atomic E-state index is 5.87. The van der Waals surface area contributed by atoms with Crippen LogP contribution < -0.4 is 9.47 Å². The van der Waals surface area contributed by atoms with Crippen molar-refractivity contribution in [1.29, 1.82) is 0 Å². The van der Waals surface area contributed by atoms with Crippen LogP contribution in [-0.4, -0.2) is 15.2 Å². The summed E-state index contributed by atoms with van der Waals surface area (Å²) in [5, 5.41) is 6.90. The number of hydrogen-bond acceptors (Lipinski definition) is 5. The first-order valence-corrected chi connectivity index (χ1v) is 8.63. The molecule has 0 aliphatic heterocycles. The standard InChI is InChI=1S/C19H15N3O2S/c1-3-16(4-2-14(1)19-9-10-21-22-19)24-17-7-5-15(6-8-17)23-12-18-11-20-13-25-18/h1-11,13H,12H2,(H,21,22). The summed E-state index contributed by atoms with van der Waals surface area (Å²) in [5.41, 5.74) is 3.85. The quantitative estimate of drug-likeness (QED) is 0.537. The Kier molecular flexibility index (Phi) is 4.43. The molecule has 1 N–H and O–H groups in total. The highest BCUT2D eigenvalue weighted by atomic mass is 32.1. The second-order valence-electron chi connectivity index (χ2n) is 5.32. The summed E-state index contributed by atoms with van der Waals surface area (Å²) in [6.45, 7) is 0.528. The number of nitrogens with one attached hydrogen (secondary N) is 1. The van der Waals surface area contributed by atoms with E-state index in [9.17, 15) is 0 Å². The summed E-state index contributed by atoms with van der Waals surface area (Å²) in [7, 11) is 0. The van der Waals surface area contributed by atoms with Crippen molar-refractivity contribution < 1.29 is 9.47 Å². The molecule has 0 unspecified atom stereocenters. The van der Waals surface area contributed by atoms with Gasteiger partial charge < -0.3 is 9.47 Å². The van der Waals surface area contributed by atoms with Crippen LogP contribution in [0.2, 0.25) is 0 Å². The molecule has 0 radical (unpaired) electrons. The fourth-order valence-corrected chi connectivity index (χ4v) is 2.83. The molecule has 0 amide bonds. The summed E-state index contributed by atoms with van der Waals surface area (Å²) in [6.07, 6.45) is 3.55. The van der Waals surface area contributed by atoms with Gasteiger partial charge in [0.15, 0.2) is 0 Å². The van der Waals surface area contributed by atoms with Gasteiger partial charge in [0.05, 0.1) is 16.1 Å². The molecule has 0 spiro atoms. The Balaban J connectivity index is 1.37. The van der Waals surface area contributed by atoms with Gasteiger partial charge in [0.2, 0.25) is 0 Å². The van der Waals surface area contributed by atoms with Crippen molar-refractivity contribution in [2.75, 3.05) is 0 Å². The lowest BCUT2D eigenvalue weighted by atomic mass is 10.1. The highest BCUT2D eigenvalue weighted by Gasteiger charge is 2.02. The number of aromatic amines is 1. The van der Waals surface area contributed by atoms with Crippen LogP contribution in [0.25, 0.3) is 11.3 Å². The zero-order chi connectivity index (χ0) is 16.9. The third-order valence-electron chi connectivity index (χ3n) is 3.59. The maximum absolute atomic E-state index is 5.87. The first-order chi connectivity index (χ1) is 12.4. The zero-order valence-electron chi connectivity index (χ0n) is 13.3. The minimum Gasteiger partial charge on any atom is -0.488 e. The third-order valence-corrected chi connectivity index (χ3v) is 4.34. The molecule has 2 aromatic heterocycles. The molecule has 124 valence electrons. The van der Waals surface area contributed by atoms with Crippen molar-refractivity contribution in [3.8, 4) is 28.5 Å². The molecule has 4 aromatic rings. The van der Waals surface area contributed by atoms with E-state index >= 15 is 0 Å². The predicted octanol–water partition coefficient (Wildman–Crippen LogP) is 4.90. The van der Waals surface area contributed by atoms with E-state index in [0.717, 1.165) is 33.4 Å². The van der Waals surface area contributed by atoms with Crippen LogP contribution in [0.15, 0.2) is 72.5 Å². The van der Waals surface area contributed by atoms with E-state index in [1.807, 2.05) is 60.8 Å². The second-order valence-corrected chi connectivity index (χ2v) is 6.30. The monoisotopic (exact) mass is 349 g/mol. The minimum atomic E-state index is 0.528. The molecule has 5 nitrogen and oxygen atoms in total. The van der Waals surface area contributed by atoms with Crippen molar-refractivity contribution >= 4 is 11.3 Å². The van der Waals surface area contributed by atoms with Crippen LogP contribution in [-0.2, 0) is 6.61 Å². The maximum Gasteiger partial charge on any atom is 0.127 e. The van der Waals surface area contributed by atoms with Crippen molar-refractivity contribution in [3.05, 3.63) is 77.4 Å². The van der Waals surface area contributed by atoms with Gasteiger partial charge in [-0.15, -0.1) is 11.3 Å². The Morgan fingerprint density at radius 2 is 1.60 bits per heavy atom. The predicted molar refractivity (Wildman–Crippen MR) is 97.0 cm³/mol. The van der Waals surface area contributed by atoms with Crippen LogP contribution >= 0.6 is 11.3 Å². The zero-order valence-corrected chi connectivity index (χ0v) is 14.1. The number of thiazole rings is 1. The number of ether oxygens (including phenoxy) is 2. The highest BCUT2D eigenvalue weighted by molar-refractivity contribution is 7.09. The molecule has 0 aliphatic rings. The van der Waals surface area contributed by atoms with Crippen LogP contribution in [0.4, 0.5) is 0 Å². The SMILES string of the molecule is c1cc(-c2ccc(Oc3ccc(OCc4cncs4)cc3)cc2)[nH]n1. The average Bonchev–Trinajstić information content (AvgIpc) is 3.36. The van der Waals surface area contributed by atoms with Crippen molar-refractivity contribution in [3.63, 3.8) is 0 Å². The van der Waals surface area contributed by atoms with Crippen molar-refractivity contribution in [2.24, 2.45) is 0 Å². The summed E-state index contributed by atoms with van der Waals surface area (Å²) in [4.78, 5) is 5.13. The summed E-state index contributed by atoms with van der Waals surface area (Å²) >= 11 is 1.58. The number of benzene rings is 2. The van der Waals surface area contributed by atoms with Gasteiger partial charge in [-0.2, -0.15) is 5.10 Å². The van der Waals surface area contributed by atoms with Gasteiger partial charge in [-0.25, -0.2) is 0 Å². The Morgan fingerprint density at radius 1 is 0.880 bits per heavy atom. The number of rotatable bonds is 6. The van der Waals surface area contributed by atoms with E-state index < -0.39 is 0 Å². The molecule has 0 saturated carbocycles. The molecule has 0 saturated heterocycles. The van der Waals surface area contributed by atoms with Gasteiger partial charge in [0, 0.05) is 12.4 Å². The molecule has 0 bridgehead atoms. The third kappa shape index (κ3) is 3.87. The number of hydrogen-bond donors (Lipinski definition) is 1. The first-order valence-electron chi connectivity index (χ1n) is 7.75. The second kappa shape index (κ2) is 7.19. The van der Waals surface area contributed by atoms with Gasteiger partial charge in [-0.1, -0.05) is 0 Å². The number of nitrogens with zero attached hydrogens (tertiary/aromatic N) is 2. The molecular formula is C19H15N3O2S. The average molecular weight is 349 g/mol. The summed E-state index contributed by atoms with van der Waals surface area (Å²) in [6, 6.07) is 17.4. The van der Waals surface area contributed by atoms with Gasteiger partial charge in [0.25, 0.3) is 0 Å². The van der Waals surface area contributed by atoms with Gasteiger partial charge >= 0.3 is 0 Å². The Labute approximate surface area is 148 Å². The molecule has 4 rings (SSSR count). The normalized spacial score (nSPS) is 10.6. The molecule has 0 aliphatic carbocycles. The largest absolute Gasteiger partial charge is 0.488 e. The molecule has 0 fully saturated rings. The smallest absolute Gasteiger partial charge is 0.127 e. The van der Waals surface area contributed by atoms with Crippen LogP contribution in [0.1, 0.15) is 4.88 Å². The molecular weight excluding hydrogens is 334 g/mol. The molecule has 25 heavy (non-hydrogen) atoms. The Morgan fingerprint density at radius 3 is 2.24 bits per heavy atom. The van der Waals surface area contributed by atoms with Crippen molar-refractivity contribution in [1.82, 2.24) is 15.2 Å². The molecule has 2 aromatic carbocycles. The van der Waals surface area contributed by atoms with E-state index in [1.54, 1.807) is 23.0 Å². The Hall–Kier alpha value is -3.12. The molecule has 6 heteroatoms. The van der Waals surface area contributed by atoms with Crippen LogP contribution in [0, 0.1) is 0 Å². The Bertz CT molecular complexity index is 902. The first kappa shape index (κ1) is 15.4. The fraction of sp³-hybridized carbons (Fsp3) is 0.0526. The van der Waals surface area contributed by atoms with Gasteiger partial charge in [-0.3, -0.25) is 10.1 Å². The lowest BCUT2D eigenvalue weighted by molar-refractivity contribution is 0.309. The number of H-pyrrole nitrogens is 1. The van der Waals surface area contributed by atoms with Crippen molar-refractivity contribution in [2.45, 2.75) is 6.61 Å². The fourth-order valence-electron chi connectivity index (χ4n) is 2.33. The highest BCUT2D eigenvalue weighted by Crippen LogP contribution is 2.26. The van der Waals surface area contributed by atoms with Crippen LogP contribution in [0.5, 0.6) is 17.2 Å². The molecule has 2 heterocycles. The molecule has 0 atom stereocenters. The summed E-state index contributed by atoms with van der Waals surface area (Å²) in [5.74, 6) is 2.34. The van der Waals surface area contributed by atoms with E-state index in [0.29, 0.717) is 6.61 Å². The summed E-state index contributed by atoms with van der Waals surface area (Å²) < 4.78 is 11.6. The lowest BCUT2D eigenvalue weighted by Crippen LogP contribution is -1.92. The van der Waals surface area contributed by atoms with E-state index in [-0.39, 0.29) is 0 Å². The van der Waals surface area contributed by atoms with Gasteiger partial charge in [-0.05, 0) is 60.2 Å². The lowest BCUT2D eigenvalue weighted by Gasteiger charge is -2.08. The van der Waals surface area contributed by atoms with E-state index in [1.165, 1.54) is 0 Å². The van der Waals surface area contributed by atoms with E-state index in [4.69, 9.17) is 9.47 Å². The minimum absolute atomic E-state index is 0.528. The van der Waals surface area contributed by atoms with E-state index in [2.05, 4.69) is 15.2 Å².